The minimum atomic E-state index is -0.974. The number of nitrogens with one attached hydrogen (secondary N) is 1. The van der Waals surface area contributed by atoms with Crippen molar-refractivity contribution in [2.24, 2.45) is 17.6 Å². The van der Waals surface area contributed by atoms with Crippen LogP contribution in [0.1, 0.15) is 32.6 Å². The summed E-state index contributed by atoms with van der Waals surface area (Å²) in [5.74, 6) is -1.01. The minimum absolute atomic E-state index is 0.0987. The number of amides is 1. The van der Waals surface area contributed by atoms with Crippen molar-refractivity contribution in [3.8, 4) is 0 Å². The molecular formula is C11H20N2O3. The molecule has 1 aliphatic carbocycles. The summed E-state index contributed by atoms with van der Waals surface area (Å²) >= 11 is 0. The Morgan fingerprint density at radius 3 is 2.69 bits per heavy atom. The molecule has 0 radical (unpaired) electrons. The molecule has 1 fully saturated rings. The van der Waals surface area contributed by atoms with E-state index in [1.54, 1.807) is 6.92 Å². The molecule has 1 aliphatic rings. The summed E-state index contributed by atoms with van der Waals surface area (Å²) < 4.78 is 0. The van der Waals surface area contributed by atoms with Gasteiger partial charge in [-0.25, -0.2) is 4.79 Å². The number of carbonyl (C=O) groups is 2. The van der Waals surface area contributed by atoms with E-state index in [2.05, 4.69) is 5.32 Å². The number of hydrogen-bond donors (Lipinski definition) is 3. The van der Waals surface area contributed by atoms with E-state index >= 15 is 0 Å². The van der Waals surface area contributed by atoms with Crippen LogP contribution in [-0.2, 0) is 9.59 Å². The Labute approximate surface area is 95.4 Å². The van der Waals surface area contributed by atoms with E-state index in [0.717, 1.165) is 19.3 Å². The summed E-state index contributed by atoms with van der Waals surface area (Å²) in [6.45, 7) is 2.25. The van der Waals surface area contributed by atoms with Crippen LogP contribution < -0.4 is 11.1 Å². The highest BCUT2D eigenvalue weighted by atomic mass is 16.4. The second-order valence-electron chi connectivity index (χ2n) is 4.34. The van der Waals surface area contributed by atoms with Crippen LogP contribution >= 0.6 is 0 Å². The average Bonchev–Trinajstić information content (AvgIpc) is 2.72. The van der Waals surface area contributed by atoms with E-state index in [-0.39, 0.29) is 17.7 Å². The van der Waals surface area contributed by atoms with E-state index < -0.39 is 12.0 Å². The molecule has 0 heterocycles. The van der Waals surface area contributed by atoms with Crippen molar-refractivity contribution >= 4 is 11.9 Å². The number of hydrogen-bond acceptors (Lipinski definition) is 3. The van der Waals surface area contributed by atoms with Gasteiger partial charge in [0.2, 0.25) is 5.91 Å². The van der Waals surface area contributed by atoms with Gasteiger partial charge in [0.1, 0.15) is 6.04 Å². The highest BCUT2D eigenvalue weighted by Gasteiger charge is 2.33. The molecule has 5 heteroatoms. The Morgan fingerprint density at radius 1 is 1.50 bits per heavy atom. The molecule has 1 saturated carbocycles. The van der Waals surface area contributed by atoms with Crippen LogP contribution in [0.2, 0.25) is 0 Å². The fourth-order valence-corrected chi connectivity index (χ4v) is 2.28. The van der Waals surface area contributed by atoms with Gasteiger partial charge in [-0.1, -0.05) is 13.3 Å². The molecule has 5 nitrogen and oxygen atoms in total. The summed E-state index contributed by atoms with van der Waals surface area (Å²) in [5.41, 5.74) is 5.59. The van der Waals surface area contributed by atoms with Crippen LogP contribution in [0.5, 0.6) is 0 Å². The Morgan fingerprint density at radius 2 is 2.19 bits per heavy atom. The molecule has 0 spiro atoms. The normalized spacial score (nSPS) is 26.4. The van der Waals surface area contributed by atoms with E-state index in [1.807, 2.05) is 0 Å². The van der Waals surface area contributed by atoms with Gasteiger partial charge in [0.05, 0.1) is 0 Å². The standard InChI is InChI=1S/C11H20N2O3/c1-2-9(11(15)16)13-10(14)8-5-3-4-7(8)6-12/h7-9H,2-6,12H2,1H3,(H,13,14)(H,15,16). The second-order valence-corrected chi connectivity index (χ2v) is 4.34. The summed E-state index contributed by atoms with van der Waals surface area (Å²) in [6.07, 6.45) is 3.20. The number of carboxylic acid groups (broad SMARTS) is 1. The van der Waals surface area contributed by atoms with Crippen LogP contribution in [0.15, 0.2) is 0 Å². The van der Waals surface area contributed by atoms with Crippen molar-refractivity contribution in [1.82, 2.24) is 5.32 Å². The molecule has 1 amide bonds. The molecule has 92 valence electrons. The predicted octanol–water partition coefficient (Wildman–Crippen LogP) is 0.341. The highest BCUT2D eigenvalue weighted by molar-refractivity contribution is 5.85. The Hall–Kier alpha value is -1.10. The van der Waals surface area contributed by atoms with E-state index in [4.69, 9.17) is 10.8 Å². The summed E-state index contributed by atoms with van der Waals surface area (Å²) in [5, 5.41) is 11.4. The number of carbonyl (C=O) groups excluding carboxylic acids is 1. The third-order valence-electron chi connectivity index (χ3n) is 3.32. The molecular weight excluding hydrogens is 208 g/mol. The maximum absolute atomic E-state index is 11.9. The molecule has 0 saturated heterocycles. The second kappa shape index (κ2) is 5.84. The zero-order valence-electron chi connectivity index (χ0n) is 9.61. The minimum Gasteiger partial charge on any atom is -0.480 e. The third kappa shape index (κ3) is 2.95. The molecule has 0 bridgehead atoms. The first kappa shape index (κ1) is 13.0. The quantitative estimate of drug-likeness (QED) is 0.632. The van der Waals surface area contributed by atoms with Crippen molar-refractivity contribution in [2.75, 3.05) is 6.54 Å². The SMILES string of the molecule is CCC(NC(=O)C1CCCC1CN)C(=O)O. The summed E-state index contributed by atoms with van der Waals surface area (Å²) in [7, 11) is 0. The lowest BCUT2D eigenvalue weighted by Crippen LogP contribution is -2.44. The summed E-state index contributed by atoms with van der Waals surface area (Å²) in [4.78, 5) is 22.7. The Kier molecular flexibility index (Phi) is 4.73. The Bertz CT molecular complexity index is 268. The molecule has 0 aliphatic heterocycles. The van der Waals surface area contributed by atoms with Crippen molar-refractivity contribution in [3.63, 3.8) is 0 Å². The van der Waals surface area contributed by atoms with Gasteiger partial charge >= 0.3 is 5.97 Å². The van der Waals surface area contributed by atoms with Crippen LogP contribution in [0.25, 0.3) is 0 Å². The smallest absolute Gasteiger partial charge is 0.326 e. The van der Waals surface area contributed by atoms with Gasteiger partial charge in [-0.15, -0.1) is 0 Å². The Balaban J connectivity index is 2.54. The molecule has 0 aromatic rings. The van der Waals surface area contributed by atoms with Gasteiger partial charge in [0.25, 0.3) is 0 Å². The first-order chi connectivity index (χ1) is 7.60. The molecule has 0 aromatic carbocycles. The van der Waals surface area contributed by atoms with Crippen LogP contribution in [0.4, 0.5) is 0 Å². The molecule has 3 unspecified atom stereocenters. The first-order valence-electron chi connectivity index (χ1n) is 5.83. The first-order valence-corrected chi connectivity index (χ1v) is 5.83. The maximum atomic E-state index is 11.9. The van der Waals surface area contributed by atoms with Gasteiger partial charge < -0.3 is 16.2 Å². The topological polar surface area (TPSA) is 92.4 Å². The number of rotatable bonds is 5. The highest BCUT2D eigenvalue weighted by Crippen LogP contribution is 2.31. The number of nitrogens with two attached hydrogens (primary N) is 1. The molecule has 1 rings (SSSR count). The van der Waals surface area contributed by atoms with Crippen molar-refractivity contribution in [2.45, 2.75) is 38.6 Å². The fraction of sp³-hybridized carbons (Fsp3) is 0.818. The van der Waals surface area contributed by atoms with Crippen LogP contribution in [-0.4, -0.2) is 29.6 Å². The van der Waals surface area contributed by atoms with Crippen LogP contribution in [0.3, 0.4) is 0 Å². The van der Waals surface area contributed by atoms with Gasteiger partial charge in [-0.05, 0) is 31.7 Å². The lowest BCUT2D eigenvalue weighted by atomic mass is 9.95. The fourth-order valence-electron chi connectivity index (χ4n) is 2.28. The number of carboxylic acids is 1. The number of aliphatic carboxylic acids is 1. The third-order valence-corrected chi connectivity index (χ3v) is 3.32. The van der Waals surface area contributed by atoms with Crippen LogP contribution in [0, 0.1) is 11.8 Å². The van der Waals surface area contributed by atoms with Gasteiger partial charge in [0, 0.05) is 5.92 Å². The van der Waals surface area contributed by atoms with Gasteiger partial charge in [-0.2, -0.15) is 0 Å². The van der Waals surface area contributed by atoms with E-state index in [0.29, 0.717) is 13.0 Å². The predicted molar refractivity (Wildman–Crippen MR) is 59.7 cm³/mol. The van der Waals surface area contributed by atoms with E-state index in [1.165, 1.54) is 0 Å². The maximum Gasteiger partial charge on any atom is 0.326 e. The monoisotopic (exact) mass is 228 g/mol. The van der Waals surface area contributed by atoms with Crippen molar-refractivity contribution in [1.29, 1.82) is 0 Å². The molecule has 3 atom stereocenters. The zero-order valence-corrected chi connectivity index (χ0v) is 9.61. The lowest BCUT2D eigenvalue weighted by Gasteiger charge is -2.20. The van der Waals surface area contributed by atoms with Gasteiger partial charge in [0.15, 0.2) is 0 Å². The molecule has 16 heavy (non-hydrogen) atoms. The summed E-state index contributed by atoms with van der Waals surface area (Å²) in [6, 6.07) is -0.772. The van der Waals surface area contributed by atoms with Gasteiger partial charge in [-0.3, -0.25) is 4.79 Å². The lowest BCUT2D eigenvalue weighted by molar-refractivity contribution is -0.142. The molecule has 0 aromatic heterocycles. The largest absolute Gasteiger partial charge is 0.480 e. The molecule has 4 N–H and O–H groups in total. The van der Waals surface area contributed by atoms with Crippen molar-refractivity contribution < 1.29 is 14.7 Å². The average molecular weight is 228 g/mol. The zero-order chi connectivity index (χ0) is 12.1. The van der Waals surface area contributed by atoms with E-state index in [9.17, 15) is 9.59 Å². The van der Waals surface area contributed by atoms with Crippen molar-refractivity contribution in [3.05, 3.63) is 0 Å².